The maximum Gasteiger partial charge on any atom is 0.352 e. The van der Waals surface area contributed by atoms with Gasteiger partial charge in [-0.05, 0) is 25.3 Å². The Morgan fingerprint density at radius 1 is 1.38 bits per heavy atom. The number of carbonyl (C=O) groups excluding carboxylic acids is 2. The number of nitrogens with two attached hydrogens (primary N) is 1. The Kier molecular flexibility index (Phi) is 4.61. The molecule has 1 unspecified atom stereocenters. The summed E-state index contributed by atoms with van der Waals surface area (Å²) < 4.78 is 0. The number of carbonyl (C=O) groups is 3. The van der Waals surface area contributed by atoms with E-state index in [1.807, 2.05) is 0 Å². The number of hydrogen-bond donors (Lipinski definition) is 3. The number of fused-ring (bicyclic) bond motifs is 1. The molecule has 24 heavy (non-hydrogen) atoms. The zero-order valence-electron chi connectivity index (χ0n) is 13.7. The zero-order valence-corrected chi connectivity index (χ0v) is 14.5. The third-order valence-electron chi connectivity index (χ3n) is 5.04. The summed E-state index contributed by atoms with van der Waals surface area (Å²) in [5.41, 5.74) is 6.54. The highest BCUT2D eigenvalue weighted by atomic mass is 32.2. The van der Waals surface area contributed by atoms with E-state index in [9.17, 15) is 19.5 Å². The molecule has 132 valence electrons. The van der Waals surface area contributed by atoms with Gasteiger partial charge in [-0.15, -0.1) is 11.8 Å². The van der Waals surface area contributed by atoms with Crippen LogP contribution in [0.2, 0.25) is 0 Å². The second-order valence-electron chi connectivity index (χ2n) is 6.99. The molecule has 2 aliphatic heterocycles. The van der Waals surface area contributed by atoms with E-state index in [0.29, 0.717) is 11.3 Å². The molecule has 3 aliphatic rings. The largest absolute Gasteiger partial charge is 0.477 e. The molecule has 0 aromatic carbocycles. The molecule has 7 nitrogen and oxygen atoms in total. The first-order chi connectivity index (χ1) is 11.3. The van der Waals surface area contributed by atoms with E-state index in [-0.39, 0.29) is 29.3 Å². The number of thioether (sulfide) groups is 1. The van der Waals surface area contributed by atoms with Crippen LogP contribution in [-0.2, 0) is 14.4 Å². The normalized spacial score (nSPS) is 28.9. The summed E-state index contributed by atoms with van der Waals surface area (Å²) in [6.07, 6.45) is 5.09. The van der Waals surface area contributed by atoms with Crippen LogP contribution in [0.3, 0.4) is 0 Å². The summed E-state index contributed by atoms with van der Waals surface area (Å²) >= 11 is 1.48. The maximum absolute atomic E-state index is 12.3. The summed E-state index contributed by atoms with van der Waals surface area (Å²) in [7, 11) is 0. The molecule has 1 saturated heterocycles. The van der Waals surface area contributed by atoms with Gasteiger partial charge in [0.2, 0.25) is 5.91 Å². The van der Waals surface area contributed by atoms with Gasteiger partial charge in [0.1, 0.15) is 17.1 Å². The molecular formula is C16H23N3O4S. The second-order valence-corrected chi connectivity index (χ2v) is 8.09. The monoisotopic (exact) mass is 353 g/mol. The second kappa shape index (κ2) is 6.40. The quantitative estimate of drug-likeness (QED) is 0.644. The van der Waals surface area contributed by atoms with E-state index in [4.69, 9.17) is 5.73 Å². The summed E-state index contributed by atoms with van der Waals surface area (Å²) in [4.78, 5) is 37.3. The van der Waals surface area contributed by atoms with Crippen LogP contribution < -0.4 is 11.1 Å². The van der Waals surface area contributed by atoms with E-state index in [1.54, 1.807) is 6.92 Å². The number of nitrogens with one attached hydrogen (secondary N) is 1. The Hall–Kier alpha value is -1.54. The van der Waals surface area contributed by atoms with Crippen molar-refractivity contribution in [3.05, 3.63) is 11.3 Å². The first-order valence-corrected chi connectivity index (χ1v) is 9.33. The molecule has 0 aromatic heterocycles. The predicted molar refractivity (Wildman–Crippen MR) is 90.0 cm³/mol. The Morgan fingerprint density at radius 2 is 2.04 bits per heavy atom. The van der Waals surface area contributed by atoms with E-state index in [2.05, 4.69) is 5.32 Å². The lowest BCUT2D eigenvalue weighted by molar-refractivity contribution is -0.150. The highest BCUT2D eigenvalue weighted by molar-refractivity contribution is 8.00. The topological polar surface area (TPSA) is 113 Å². The highest BCUT2D eigenvalue weighted by Gasteiger charge is 2.53. The lowest BCUT2D eigenvalue weighted by Crippen LogP contribution is -2.70. The van der Waals surface area contributed by atoms with Crippen molar-refractivity contribution in [1.82, 2.24) is 10.2 Å². The number of nitrogens with zero attached hydrogens (tertiary/aromatic N) is 1. The van der Waals surface area contributed by atoms with Crippen LogP contribution in [0.4, 0.5) is 0 Å². The van der Waals surface area contributed by atoms with Crippen LogP contribution >= 0.6 is 11.8 Å². The minimum Gasteiger partial charge on any atom is -0.477 e. The van der Waals surface area contributed by atoms with Gasteiger partial charge in [0.05, 0.1) is 0 Å². The molecular weight excluding hydrogens is 330 g/mol. The highest BCUT2D eigenvalue weighted by Crippen LogP contribution is 2.40. The summed E-state index contributed by atoms with van der Waals surface area (Å²) in [6, 6.07) is -0.655. The summed E-state index contributed by atoms with van der Waals surface area (Å²) in [6.45, 7) is 1.72. The van der Waals surface area contributed by atoms with E-state index in [1.165, 1.54) is 16.7 Å². The molecule has 0 bridgehead atoms. The van der Waals surface area contributed by atoms with Crippen molar-refractivity contribution in [2.45, 2.75) is 62.4 Å². The first-order valence-electron chi connectivity index (χ1n) is 8.28. The Labute approximate surface area is 145 Å². The fourth-order valence-electron chi connectivity index (χ4n) is 3.75. The molecule has 2 fully saturated rings. The maximum atomic E-state index is 12.3. The summed E-state index contributed by atoms with van der Waals surface area (Å²) in [5.74, 6) is -1.13. The molecule has 0 radical (unpaired) electrons. The van der Waals surface area contributed by atoms with Crippen LogP contribution in [0.25, 0.3) is 0 Å². The van der Waals surface area contributed by atoms with Crippen LogP contribution in [0.1, 0.15) is 45.4 Å². The van der Waals surface area contributed by atoms with Gasteiger partial charge in [-0.1, -0.05) is 19.3 Å². The lowest BCUT2D eigenvalue weighted by atomic mass is 9.80. The van der Waals surface area contributed by atoms with Gasteiger partial charge in [-0.25, -0.2) is 4.79 Å². The van der Waals surface area contributed by atoms with E-state index >= 15 is 0 Å². The molecule has 2 amide bonds. The number of carboxylic acid groups (broad SMARTS) is 1. The molecule has 1 aliphatic carbocycles. The van der Waals surface area contributed by atoms with Gasteiger partial charge in [-0.3, -0.25) is 14.5 Å². The summed E-state index contributed by atoms with van der Waals surface area (Å²) in [5, 5.41) is 11.7. The Morgan fingerprint density at radius 3 is 2.67 bits per heavy atom. The van der Waals surface area contributed by atoms with E-state index in [0.717, 1.165) is 32.1 Å². The fraction of sp³-hybridized carbons (Fsp3) is 0.688. The molecule has 2 atom stereocenters. The Balaban J connectivity index is 1.63. The van der Waals surface area contributed by atoms with Gasteiger partial charge >= 0.3 is 5.97 Å². The number of hydrogen-bond acceptors (Lipinski definition) is 5. The van der Waals surface area contributed by atoms with Gasteiger partial charge in [0, 0.05) is 17.7 Å². The standard InChI is InChI=1S/C16H23N3O4S/c1-9-8-24-14-11(13(21)19(14)12(9)15(22)23)18-10(20)7-16(17)5-3-2-4-6-16/h11,14H,2-8,17H2,1H3,(H,18,20)(H,22,23)/t11?,14-/m0/s1. The van der Waals surface area contributed by atoms with Crippen LogP contribution in [0.5, 0.6) is 0 Å². The average molecular weight is 353 g/mol. The minimum atomic E-state index is -1.10. The third kappa shape index (κ3) is 3.04. The third-order valence-corrected chi connectivity index (χ3v) is 6.46. The number of amides is 2. The van der Waals surface area contributed by atoms with Crippen molar-refractivity contribution >= 4 is 29.5 Å². The van der Waals surface area contributed by atoms with E-state index < -0.39 is 17.6 Å². The van der Waals surface area contributed by atoms with Crippen molar-refractivity contribution in [1.29, 1.82) is 0 Å². The molecule has 8 heteroatoms. The predicted octanol–water partition coefficient (Wildman–Crippen LogP) is 0.797. The lowest BCUT2D eigenvalue weighted by Gasteiger charge is -2.49. The first kappa shape index (κ1) is 17.3. The van der Waals surface area contributed by atoms with Crippen LogP contribution in [0.15, 0.2) is 11.3 Å². The van der Waals surface area contributed by atoms with Gasteiger partial charge in [-0.2, -0.15) is 0 Å². The Bertz CT molecular complexity index is 612. The van der Waals surface area contributed by atoms with Gasteiger partial charge in [0.25, 0.3) is 5.91 Å². The smallest absolute Gasteiger partial charge is 0.352 e. The van der Waals surface area contributed by atoms with Gasteiger partial charge in [0.15, 0.2) is 0 Å². The average Bonchev–Trinajstić information content (AvgIpc) is 2.52. The minimum absolute atomic E-state index is 0.0526. The number of carboxylic acids is 1. The molecule has 4 N–H and O–H groups in total. The number of rotatable bonds is 4. The molecule has 0 spiro atoms. The molecule has 3 rings (SSSR count). The molecule has 1 saturated carbocycles. The molecule has 2 heterocycles. The van der Waals surface area contributed by atoms with Crippen LogP contribution in [-0.4, -0.2) is 50.5 Å². The SMILES string of the molecule is CC1=C(C(=O)O)N2C(=O)C(NC(=O)CC3(N)CCCCC3)[C@@H]2SC1. The van der Waals surface area contributed by atoms with Crippen molar-refractivity contribution in [2.24, 2.45) is 5.73 Å². The van der Waals surface area contributed by atoms with Crippen molar-refractivity contribution in [2.75, 3.05) is 5.75 Å². The zero-order chi connectivity index (χ0) is 17.5. The van der Waals surface area contributed by atoms with Crippen LogP contribution in [0, 0.1) is 0 Å². The van der Waals surface area contributed by atoms with Crippen molar-refractivity contribution in [3.63, 3.8) is 0 Å². The molecule has 0 aromatic rings. The fourth-order valence-corrected chi connectivity index (χ4v) is 5.04. The number of aliphatic carboxylic acids is 1. The number of β-lactam (4-membered cyclic amide) rings is 1. The van der Waals surface area contributed by atoms with Crippen molar-refractivity contribution < 1.29 is 19.5 Å². The van der Waals surface area contributed by atoms with Gasteiger partial charge < -0.3 is 16.2 Å². The van der Waals surface area contributed by atoms with Crippen molar-refractivity contribution in [3.8, 4) is 0 Å².